The molecule has 2 atom stereocenters. The highest BCUT2D eigenvalue weighted by Crippen LogP contribution is 2.16. The minimum Gasteiger partial charge on any atom is -0.388 e. The molecule has 7 heteroatoms. The van der Waals surface area contributed by atoms with Gasteiger partial charge in [0, 0.05) is 25.1 Å². The van der Waals surface area contributed by atoms with E-state index in [2.05, 4.69) is 5.32 Å². The average Bonchev–Trinajstić information content (AvgIpc) is 2.37. The first-order valence-electron chi connectivity index (χ1n) is 6.56. The van der Waals surface area contributed by atoms with E-state index in [1.165, 1.54) is 12.1 Å². The fourth-order valence-electron chi connectivity index (χ4n) is 1.90. The quantitative estimate of drug-likeness (QED) is 0.653. The minimum absolute atomic E-state index is 0.231. The zero-order chi connectivity index (χ0) is 16.1. The van der Waals surface area contributed by atoms with Crippen molar-refractivity contribution in [3.05, 3.63) is 29.8 Å². The lowest BCUT2D eigenvalue weighted by molar-refractivity contribution is 0.0786. The summed E-state index contributed by atoms with van der Waals surface area (Å²) in [6.45, 7) is 2.42. The molecule has 0 saturated heterocycles. The van der Waals surface area contributed by atoms with Gasteiger partial charge >= 0.3 is 0 Å². The van der Waals surface area contributed by atoms with Crippen LogP contribution in [0.15, 0.2) is 29.2 Å². The van der Waals surface area contributed by atoms with Crippen LogP contribution in [-0.4, -0.2) is 55.6 Å². The van der Waals surface area contributed by atoms with Gasteiger partial charge in [0.15, 0.2) is 9.84 Å². The topological polar surface area (TPSA) is 86.6 Å². The average molecular weight is 333 g/mol. The monoisotopic (exact) mass is 333 g/mol. The highest BCUT2D eigenvalue weighted by Gasteiger charge is 2.19. The van der Waals surface area contributed by atoms with Gasteiger partial charge in [0.05, 0.1) is 16.6 Å². The van der Waals surface area contributed by atoms with Crippen LogP contribution >= 0.6 is 11.8 Å². The van der Waals surface area contributed by atoms with E-state index in [9.17, 15) is 18.6 Å². The standard InChI is InChI=1S/C14H23NO4S2/c1-14(17,10-20-2)9-15-8-13(16)11-4-6-12(7-5-11)21(3,18)19/h4-7,13,15-17H,8-10H2,1-3H3. The number of hydrogen-bond donors (Lipinski definition) is 3. The Labute approximate surface area is 130 Å². The molecule has 1 rings (SSSR count). The van der Waals surface area contributed by atoms with Gasteiger partial charge in [-0.1, -0.05) is 12.1 Å². The highest BCUT2D eigenvalue weighted by molar-refractivity contribution is 7.98. The van der Waals surface area contributed by atoms with Crippen molar-refractivity contribution >= 4 is 21.6 Å². The van der Waals surface area contributed by atoms with Crippen LogP contribution in [0.2, 0.25) is 0 Å². The van der Waals surface area contributed by atoms with Crippen molar-refractivity contribution in [1.82, 2.24) is 5.32 Å². The number of rotatable bonds is 8. The van der Waals surface area contributed by atoms with Gasteiger partial charge in [-0.15, -0.1) is 0 Å². The lowest BCUT2D eigenvalue weighted by atomic mass is 10.1. The Kier molecular flexibility index (Phi) is 6.68. The van der Waals surface area contributed by atoms with Gasteiger partial charge in [0.1, 0.15) is 0 Å². The Balaban J connectivity index is 2.55. The Morgan fingerprint density at radius 3 is 2.38 bits per heavy atom. The van der Waals surface area contributed by atoms with Crippen molar-refractivity contribution in [2.75, 3.05) is 31.4 Å². The number of thioether (sulfide) groups is 1. The molecule has 0 fully saturated rings. The number of sulfone groups is 1. The third-order valence-electron chi connectivity index (χ3n) is 2.99. The van der Waals surface area contributed by atoms with Crippen LogP contribution in [0.4, 0.5) is 0 Å². The summed E-state index contributed by atoms with van der Waals surface area (Å²) in [4.78, 5) is 0.231. The molecule has 3 N–H and O–H groups in total. The number of nitrogens with one attached hydrogen (secondary N) is 1. The molecule has 0 aliphatic rings. The van der Waals surface area contributed by atoms with E-state index >= 15 is 0 Å². The van der Waals surface area contributed by atoms with Crippen molar-refractivity contribution < 1.29 is 18.6 Å². The molecule has 1 aromatic carbocycles. The number of benzene rings is 1. The third-order valence-corrected chi connectivity index (χ3v) is 5.03. The summed E-state index contributed by atoms with van der Waals surface area (Å²) >= 11 is 1.56. The van der Waals surface area contributed by atoms with Crippen LogP contribution in [0, 0.1) is 0 Å². The van der Waals surface area contributed by atoms with Gasteiger partial charge < -0.3 is 15.5 Å². The molecule has 0 saturated carbocycles. The summed E-state index contributed by atoms with van der Waals surface area (Å²) in [5.41, 5.74) is -0.182. The van der Waals surface area contributed by atoms with E-state index in [1.54, 1.807) is 30.8 Å². The molecule has 120 valence electrons. The van der Waals surface area contributed by atoms with Gasteiger partial charge in [0.2, 0.25) is 0 Å². The molecular weight excluding hydrogens is 310 g/mol. The Morgan fingerprint density at radius 1 is 1.33 bits per heavy atom. The van der Waals surface area contributed by atoms with E-state index in [-0.39, 0.29) is 4.90 Å². The molecule has 0 amide bonds. The summed E-state index contributed by atoms with van der Waals surface area (Å²) in [7, 11) is -3.22. The molecule has 0 heterocycles. The maximum absolute atomic E-state index is 11.4. The van der Waals surface area contributed by atoms with Gasteiger partial charge in [0.25, 0.3) is 0 Å². The Bertz CT molecular complexity index is 541. The van der Waals surface area contributed by atoms with Gasteiger partial charge in [-0.25, -0.2) is 8.42 Å². The van der Waals surface area contributed by atoms with Gasteiger partial charge in [-0.05, 0) is 30.9 Å². The van der Waals surface area contributed by atoms with Crippen molar-refractivity contribution in [2.24, 2.45) is 0 Å². The van der Waals surface area contributed by atoms with Crippen molar-refractivity contribution in [3.63, 3.8) is 0 Å². The van der Waals surface area contributed by atoms with Gasteiger partial charge in [-0.2, -0.15) is 11.8 Å². The summed E-state index contributed by atoms with van der Waals surface area (Å²) in [5.74, 6) is 0.610. The smallest absolute Gasteiger partial charge is 0.175 e. The van der Waals surface area contributed by atoms with Crippen LogP contribution in [0.3, 0.4) is 0 Å². The van der Waals surface area contributed by atoms with Crippen LogP contribution in [-0.2, 0) is 9.84 Å². The lowest BCUT2D eigenvalue weighted by Crippen LogP contribution is -2.41. The van der Waals surface area contributed by atoms with Crippen LogP contribution < -0.4 is 5.32 Å². The molecule has 0 aliphatic carbocycles. The molecule has 0 radical (unpaired) electrons. The third kappa shape index (κ3) is 6.36. The molecule has 5 nitrogen and oxygen atoms in total. The molecule has 0 spiro atoms. The zero-order valence-corrected chi connectivity index (χ0v) is 14.2. The van der Waals surface area contributed by atoms with E-state index in [0.717, 1.165) is 6.26 Å². The maximum atomic E-state index is 11.4. The SMILES string of the molecule is CSCC(C)(O)CNCC(O)c1ccc(S(C)(=O)=O)cc1. The molecule has 1 aromatic rings. The fraction of sp³-hybridized carbons (Fsp3) is 0.571. The molecule has 0 aromatic heterocycles. The molecule has 0 aliphatic heterocycles. The second-order valence-corrected chi connectivity index (χ2v) is 8.30. The maximum Gasteiger partial charge on any atom is 0.175 e. The first-order chi connectivity index (χ1) is 9.65. The summed E-state index contributed by atoms with van der Waals surface area (Å²) in [6.07, 6.45) is 2.32. The first-order valence-corrected chi connectivity index (χ1v) is 9.84. The number of aliphatic hydroxyl groups excluding tert-OH is 1. The largest absolute Gasteiger partial charge is 0.388 e. The summed E-state index contributed by atoms with van der Waals surface area (Å²) in [5, 5.41) is 23.1. The Morgan fingerprint density at radius 2 is 1.90 bits per heavy atom. The normalized spacial score (nSPS) is 16.4. The predicted molar refractivity (Wildman–Crippen MR) is 86.4 cm³/mol. The predicted octanol–water partition coefficient (Wildman–Crippen LogP) is 0.827. The Hall–Kier alpha value is -0.600. The van der Waals surface area contributed by atoms with E-state index < -0.39 is 21.5 Å². The second-order valence-electron chi connectivity index (χ2n) is 5.42. The zero-order valence-electron chi connectivity index (χ0n) is 12.5. The van der Waals surface area contributed by atoms with E-state index in [1.807, 2.05) is 6.26 Å². The van der Waals surface area contributed by atoms with Crippen LogP contribution in [0.1, 0.15) is 18.6 Å². The van der Waals surface area contributed by atoms with E-state index in [0.29, 0.717) is 24.4 Å². The minimum atomic E-state index is -3.22. The molecule has 0 bridgehead atoms. The molecular formula is C14H23NO4S2. The van der Waals surface area contributed by atoms with E-state index in [4.69, 9.17) is 0 Å². The number of hydrogen-bond acceptors (Lipinski definition) is 6. The van der Waals surface area contributed by atoms with Crippen LogP contribution in [0.5, 0.6) is 0 Å². The van der Waals surface area contributed by atoms with Crippen molar-refractivity contribution in [1.29, 1.82) is 0 Å². The first kappa shape index (κ1) is 18.4. The van der Waals surface area contributed by atoms with Crippen molar-refractivity contribution in [3.8, 4) is 0 Å². The summed E-state index contributed by atoms with van der Waals surface area (Å²) < 4.78 is 22.7. The van der Waals surface area contributed by atoms with Crippen molar-refractivity contribution in [2.45, 2.75) is 23.5 Å². The number of aliphatic hydroxyl groups is 2. The molecule has 2 unspecified atom stereocenters. The lowest BCUT2D eigenvalue weighted by Gasteiger charge is -2.23. The highest BCUT2D eigenvalue weighted by atomic mass is 32.2. The van der Waals surface area contributed by atoms with Crippen LogP contribution in [0.25, 0.3) is 0 Å². The fourth-order valence-corrected chi connectivity index (χ4v) is 3.25. The summed E-state index contributed by atoms with van der Waals surface area (Å²) in [6, 6.07) is 6.17. The molecule has 21 heavy (non-hydrogen) atoms. The second kappa shape index (κ2) is 7.60. The van der Waals surface area contributed by atoms with Gasteiger partial charge in [-0.3, -0.25) is 0 Å².